The highest BCUT2D eigenvalue weighted by Gasteiger charge is 2.29. The highest BCUT2D eigenvalue weighted by atomic mass is 32.2. The van der Waals surface area contributed by atoms with Crippen LogP contribution in [0.4, 0.5) is 5.69 Å². The third kappa shape index (κ3) is 4.18. The number of nitriles is 1. The van der Waals surface area contributed by atoms with Crippen LogP contribution in [0.3, 0.4) is 0 Å². The predicted molar refractivity (Wildman–Crippen MR) is 77.1 cm³/mol. The second-order valence-electron chi connectivity index (χ2n) is 5.23. The van der Waals surface area contributed by atoms with Gasteiger partial charge < -0.3 is 5.32 Å². The number of amides is 1. The first kappa shape index (κ1) is 15.4. The molecule has 0 saturated heterocycles. The van der Waals surface area contributed by atoms with E-state index in [1.807, 2.05) is 26.8 Å². The van der Waals surface area contributed by atoms with Gasteiger partial charge in [0.05, 0.1) is 11.6 Å². The van der Waals surface area contributed by atoms with Crippen molar-refractivity contribution in [2.75, 3.05) is 5.32 Å². The summed E-state index contributed by atoms with van der Waals surface area (Å²) in [5, 5.41) is 10.8. The lowest BCUT2D eigenvalue weighted by Gasteiger charge is -2.22. The lowest BCUT2D eigenvalue weighted by Crippen LogP contribution is -2.37. The predicted octanol–water partition coefficient (Wildman–Crippen LogP) is 2.43. The SMILES string of the molecule is CC(C(=O)Nc1ccc(C#N)cc1)S(=O)C(C)(C)C. The molecule has 0 spiro atoms. The molecule has 1 N–H and O–H groups in total. The highest BCUT2D eigenvalue weighted by molar-refractivity contribution is 7.87. The maximum Gasteiger partial charge on any atom is 0.239 e. The molecule has 1 rings (SSSR count). The molecule has 0 fully saturated rings. The molecule has 1 amide bonds. The Labute approximate surface area is 116 Å². The van der Waals surface area contributed by atoms with E-state index in [0.29, 0.717) is 11.3 Å². The van der Waals surface area contributed by atoms with Crippen molar-refractivity contribution in [1.29, 1.82) is 5.26 Å². The van der Waals surface area contributed by atoms with Crippen molar-refractivity contribution >= 4 is 22.4 Å². The Balaban J connectivity index is 2.74. The van der Waals surface area contributed by atoms with Gasteiger partial charge in [0.2, 0.25) is 5.91 Å². The summed E-state index contributed by atoms with van der Waals surface area (Å²) in [5.41, 5.74) is 1.13. The fraction of sp³-hybridized carbons (Fsp3) is 0.429. The lowest BCUT2D eigenvalue weighted by molar-refractivity contribution is -0.115. The number of hydrogen-bond donors (Lipinski definition) is 1. The Bertz CT molecular complexity index is 524. The first-order valence-corrected chi connectivity index (χ1v) is 7.18. The smallest absolute Gasteiger partial charge is 0.239 e. The quantitative estimate of drug-likeness (QED) is 0.923. The minimum Gasteiger partial charge on any atom is -0.325 e. The van der Waals surface area contributed by atoms with Gasteiger partial charge in [-0.25, -0.2) is 0 Å². The summed E-state index contributed by atoms with van der Waals surface area (Å²) in [6.07, 6.45) is 0. The van der Waals surface area contributed by atoms with Crippen molar-refractivity contribution in [1.82, 2.24) is 0 Å². The van der Waals surface area contributed by atoms with Crippen LogP contribution in [0.2, 0.25) is 0 Å². The molecule has 102 valence electrons. The van der Waals surface area contributed by atoms with Crippen molar-refractivity contribution in [2.45, 2.75) is 37.7 Å². The van der Waals surface area contributed by atoms with Gasteiger partial charge in [-0.2, -0.15) is 5.26 Å². The van der Waals surface area contributed by atoms with Gasteiger partial charge in [0.15, 0.2) is 0 Å². The molecule has 19 heavy (non-hydrogen) atoms. The topological polar surface area (TPSA) is 70.0 Å². The van der Waals surface area contributed by atoms with E-state index in [2.05, 4.69) is 5.32 Å². The minimum atomic E-state index is -1.26. The van der Waals surface area contributed by atoms with Gasteiger partial charge in [-0.3, -0.25) is 9.00 Å². The van der Waals surface area contributed by atoms with Crippen LogP contribution in [0.25, 0.3) is 0 Å². The molecule has 0 aliphatic rings. The van der Waals surface area contributed by atoms with E-state index in [1.54, 1.807) is 31.2 Å². The average molecular weight is 278 g/mol. The van der Waals surface area contributed by atoms with Crippen LogP contribution in [0.15, 0.2) is 24.3 Å². The van der Waals surface area contributed by atoms with Crippen molar-refractivity contribution in [3.63, 3.8) is 0 Å². The number of anilines is 1. The number of carbonyl (C=O) groups is 1. The van der Waals surface area contributed by atoms with Gasteiger partial charge in [0.25, 0.3) is 0 Å². The lowest BCUT2D eigenvalue weighted by atomic mass is 10.2. The molecule has 0 saturated carbocycles. The standard InChI is InChI=1S/C14H18N2O2S/c1-10(19(18)14(2,3)4)13(17)16-12-7-5-11(9-15)6-8-12/h5-8,10H,1-4H3,(H,16,17). The van der Waals surface area contributed by atoms with Crippen LogP contribution in [0, 0.1) is 11.3 Å². The van der Waals surface area contributed by atoms with Crippen molar-refractivity contribution in [3.8, 4) is 6.07 Å². The first-order chi connectivity index (χ1) is 8.75. The Morgan fingerprint density at radius 2 is 1.84 bits per heavy atom. The summed E-state index contributed by atoms with van der Waals surface area (Å²) in [5.74, 6) is -0.280. The van der Waals surface area contributed by atoms with Crippen LogP contribution < -0.4 is 5.32 Å². The summed E-state index contributed by atoms with van der Waals surface area (Å²) in [7, 11) is -1.26. The van der Waals surface area contributed by atoms with Gasteiger partial charge in [-0.05, 0) is 52.0 Å². The maximum atomic E-state index is 12.1. The van der Waals surface area contributed by atoms with E-state index in [4.69, 9.17) is 5.26 Å². The molecule has 0 aliphatic heterocycles. The maximum absolute atomic E-state index is 12.1. The third-order valence-electron chi connectivity index (χ3n) is 2.58. The molecule has 5 heteroatoms. The second-order valence-corrected chi connectivity index (χ2v) is 7.76. The summed E-state index contributed by atoms with van der Waals surface area (Å²) < 4.78 is 11.7. The van der Waals surface area contributed by atoms with Crippen LogP contribution in [0.5, 0.6) is 0 Å². The molecule has 0 aliphatic carbocycles. The molecule has 1 aromatic carbocycles. The first-order valence-electron chi connectivity index (χ1n) is 5.97. The highest BCUT2D eigenvalue weighted by Crippen LogP contribution is 2.17. The van der Waals surface area contributed by atoms with Crippen LogP contribution in [0.1, 0.15) is 33.3 Å². The van der Waals surface area contributed by atoms with Crippen LogP contribution >= 0.6 is 0 Å². The zero-order chi connectivity index (χ0) is 14.6. The van der Waals surface area contributed by atoms with Crippen molar-refractivity contribution in [2.24, 2.45) is 0 Å². The van der Waals surface area contributed by atoms with E-state index in [1.165, 1.54) is 0 Å². The Kier molecular flexibility index (Phi) is 4.84. The molecule has 2 atom stereocenters. The number of benzene rings is 1. The molecular weight excluding hydrogens is 260 g/mol. The molecule has 2 unspecified atom stereocenters. The van der Waals surface area contributed by atoms with E-state index in [0.717, 1.165) is 0 Å². The Morgan fingerprint density at radius 1 is 1.32 bits per heavy atom. The molecular formula is C14H18N2O2S. The zero-order valence-electron chi connectivity index (χ0n) is 11.6. The van der Waals surface area contributed by atoms with Gasteiger partial charge in [0, 0.05) is 21.2 Å². The van der Waals surface area contributed by atoms with E-state index in [9.17, 15) is 9.00 Å². The monoisotopic (exact) mass is 278 g/mol. The molecule has 0 heterocycles. The van der Waals surface area contributed by atoms with Gasteiger partial charge in [-0.15, -0.1) is 0 Å². The van der Waals surface area contributed by atoms with Gasteiger partial charge in [0.1, 0.15) is 5.25 Å². The van der Waals surface area contributed by atoms with E-state index >= 15 is 0 Å². The van der Waals surface area contributed by atoms with E-state index in [-0.39, 0.29) is 5.91 Å². The fourth-order valence-corrected chi connectivity index (χ4v) is 2.81. The molecule has 0 bridgehead atoms. The zero-order valence-corrected chi connectivity index (χ0v) is 12.4. The summed E-state index contributed by atoms with van der Waals surface area (Å²) >= 11 is 0. The summed E-state index contributed by atoms with van der Waals surface area (Å²) in [4.78, 5) is 12.0. The molecule has 0 aromatic heterocycles. The van der Waals surface area contributed by atoms with Crippen molar-refractivity contribution in [3.05, 3.63) is 29.8 Å². The number of carbonyl (C=O) groups excluding carboxylic acids is 1. The minimum absolute atomic E-state index is 0.280. The number of hydrogen-bond acceptors (Lipinski definition) is 3. The second kappa shape index (κ2) is 5.98. The number of nitrogens with zero attached hydrogens (tertiary/aromatic N) is 1. The Hall–Kier alpha value is -1.67. The normalized spacial score (nSPS) is 14.3. The number of nitrogens with one attached hydrogen (secondary N) is 1. The number of rotatable bonds is 3. The third-order valence-corrected chi connectivity index (χ3v) is 4.64. The largest absolute Gasteiger partial charge is 0.325 e. The summed E-state index contributed by atoms with van der Waals surface area (Å²) in [6.45, 7) is 7.18. The summed E-state index contributed by atoms with van der Waals surface area (Å²) in [6, 6.07) is 8.57. The van der Waals surface area contributed by atoms with Crippen LogP contribution in [-0.4, -0.2) is 20.1 Å². The average Bonchev–Trinajstić information content (AvgIpc) is 2.36. The molecule has 1 aromatic rings. The van der Waals surface area contributed by atoms with E-state index < -0.39 is 20.8 Å². The molecule has 0 radical (unpaired) electrons. The Morgan fingerprint density at radius 3 is 2.26 bits per heavy atom. The fourth-order valence-electron chi connectivity index (χ4n) is 1.50. The van der Waals surface area contributed by atoms with Crippen LogP contribution in [-0.2, 0) is 15.6 Å². The molecule has 4 nitrogen and oxygen atoms in total. The van der Waals surface area contributed by atoms with Gasteiger partial charge >= 0.3 is 0 Å². The van der Waals surface area contributed by atoms with Gasteiger partial charge in [-0.1, -0.05) is 0 Å². The van der Waals surface area contributed by atoms with Crippen molar-refractivity contribution < 1.29 is 9.00 Å².